The minimum Gasteiger partial charge on any atom is -0.370 e. The number of halogens is 3. The fourth-order valence-electron chi connectivity index (χ4n) is 3.78. The normalized spacial score (nSPS) is 16.6. The highest BCUT2D eigenvalue weighted by Gasteiger charge is 2.35. The second kappa shape index (κ2) is 9.38. The summed E-state index contributed by atoms with van der Waals surface area (Å²) in [5, 5.41) is 2.87. The molecule has 0 radical (unpaired) electrons. The molecule has 174 valence electrons. The van der Waals surface area contributed by atoms with Crippen LogP contribution in [-0.4, -0.2) is 24.9 Å². The predicted molar refractivity (Wildman–Crippen MR) is 120 cm³/mol. The zero-order chi connectivity index (χ0) is 23.5. The first-order valence-electron chi connectivity index (χ1n) is 10.6. The van der Waals surface area contributed by atoms with Gasteiger partial charge in [-0.1, -0.05) is 43.2 Å². The summed E-state index contributed by atoms with van der Waals surface area (Å²) in [5.41, 5.74) is -0.130. The van der Waals surface area contributed by atoms with E-state index in [1.165, 1.54) is 6.07 Å². The predicted octanol–water partition coefficient (Wildman–Crippen LogP) is 5.49. The maximum atomic E-state index is 13.8. The molecule has 1 aliphatic rings. The van der Waals surface area contributed by atoms with Crippen molar-refractivity contribution in [2.75, 3.05) is 16.6 Å². The van der Waals surface area contributed by atoms with Gasteiger partial charge in [-0.05, 0) is 49.1 Å². The summed E-state index contributed by atoms with van der Waals surface area (Å²) in [6.07, 6.45) is -0.527. The molecule has 4 bridgehead atoms. The van der Waals surface area contributed by atoms with Crippen LogP contribution in [0.3, 0.4) is 0 Å². The number of sulfonamides is 1. The van der Waals surface area contributed by atoms with Gasteiger partial charge in [-0.2, -0.15) is 21.6 Å². The van der Waals surface area contributed by atoms with Gasteiger partial charge in [-0.3, -0.25) is 4.72 Å². The van der Waals surface area contributed by atoms with Crippen molar-refractivity contribution in [1.82, 2.24) is 9.97 Å². The van der Waals surface area contributed by atoms with Crippen LogP contribution in [0, 0.1) is 0 Å². The minimum atomic E-state index is -4.65. The third-order valence-electron chi connectivity index (χ3n) is 5.39. The van der Waals surface area contributed by atoms with Crippen molar-refractivity contribution in [1.29, 1.82) is 0 Å². The molecule has 0 saturated heterocycles. The number of hydrogen-bond acceptors (Lipinski definition) is 5. The van der Waals surface area contributed by atoms with Gasteiger partial charge in [0.1, 0.15) is 11.6 Å². The van der Waals surface area contributed by atoms with Crippen LogP contribution in [0.2, 0.25) is 0 Å². The minimum absolute atomic E-state index is 0.211. The zero-order valence-electron chi connectivity index (χ0n) is 17.7. The monoisotopic (exact) mass is 476 g/mol. The first-order chi connectivity index (χ1) is 15.7. The molecule has 2 N–H and O–H groups in total. The topological polar surface area (TPSA) is 84.0 Å². The Labute approximate surface area is 190 Å². The second-order valence-corrected chi connectivity index (χ2v) is 9.43. The Kier molecular flexibility index (Phi) is 6.55. The number of fused-ring (bicyclic) bond motifs is 6. The molecular formula is C23H23F3N4O2S. The lowest BCUT2D eigenvalue weighted by Crippen LogP contribution is -2.17. The molecule has 2 aromatic heterocycles. The van der Waals surface area contributed by atoms with E-state index in [-0.39, 0.29) is 16.5 Å². The Morgan fingerprint density at radius 1 is 0.818 bits per heavy atom. The number of benzene rings is 1. The Bertz CT molecular complexity index is 1250. The Morgan fingerprint density at radius 3 is 2.42 bits per heavy atom. The number of nitrogens with zero attached hydrogens (tertiary/aromatic N) is 2. The zero-order valence-corrected chi connectivity index (χ0v) is 18.5. The molecule has 0 amide bonds. The number of aryl methyl sites for hydroxylation is 1. The highest BCUT2D eigenvalue weighted by atomic mass is 32.2. The van der Waals surface area contributed by atoms with E-state index in [0.29, 0.717) is 24.3 Å². The summed E-state index contributed by atoms with van der Waals surface area (Å²) in [5.74, 6) is 0.202. The van der Waals surface area contributed by atoms with Crippen LogP contribution in [0.5, 0.6) is 0 Å². The summed E-state index contributed by atoms with van der Waals surface area (Å²) < 4.78 is 69.5. The van der Waals surface area contributed by atoms with Gasteiger partial charge in [0.2, 0.25) is 0 Å². The smallest absolute Gasteiger partial charge is 0.370 e. The Balaban J connectivity index is 1.84. The number of rotatable bonds is 0. The lowest BCUT2D eigenvalue weighted by Gasteiger charge is -2.17. The molecular weight excluding hydrogens is 453 g/mol. The molecule has 0 atom stereocenters. The van der Waals surface area contributed by atoms with E-state index in [1.807, 2.05) is 0 Å². The van der Waals surface area contributed by atoms with Gasteiger partial charge in [-0.25, -0.2) is 9.97 Å². The van der Waals surface area contributed by atoms with Gasteiger partial charge in [0.15, 0.2) is 5.03 Å². The van der Waals surface area contributed by atoms with Crippen molar-refractivity contribution in [2.24, 2.45) is 0 Å². The van der Waals surface area contributed by atoms with E-state index in [9.17, 15) is 21.6 Å². The van der Waals surface area contributed by atoms with Crippen molar-refractivity contribution in [2.45, 2.75) is 43.3 Å². The average Bonchev–Trinajstić information content (AvgIpc) is 2.77. The van der Waals surface area contributed by atoms with E-state index in [2.05, 4.69) is 20.0 Å². The maximum absolute atomic E-state index is 13.8. The van der Waals surface area contributed by atoms with E-state index < -0.39 is 21.8 Å². The lowest BCUT2D eigenvalue weighted by molar-refractivity contribution is -0.137. The Hall–Kier alpha value is -3.14. The quantitative estimate of drug-likeness (QED) is 0.448. The standard InChI is InChI=1S/C23H23F3N4O2S/c24-23(25,26)18-13-14-20-29-22(18)17-10-5-4-9-16(17)8-3-1-2-6-15-27-19-11-7-12-21(28-19)33(31,32)30-20/h4-5,7,9-14H,1-3,6,8,15H2,(H,27,28)(H,29,30). The highest BCUT2D eigenvalue weighted by molar-refractivity contribution is 7.92. The molecule has 1 aromatic carbocycles. The van der Waals surface area contributed by atoms with Gasteiger partial charge in [0, 0.05) is 12.1 Å². The van der Waals surface area contributed by atoms with Gasteiger partial charge in [0.25, 0.3) is 10.0 Å². The number of hydrogen-bond donors (Lipinski definition) is 2. The summed E-state index contributed by atoms with van der Waals surface area (Å²) in [6, 6.07) is 13.2. The Morgan fingerprint density at radius 2 is 1.61 bits per heavy atom. The van der Waals surface area contributed by atoms with Crippen molar-refractivity contribution >= 4 is 21.7 Å². The molecule has 4 rings (SSSR count). The fourth-order valence-corrected chi connectivity index (χ4v) is 4.75. The molecule has 33 heavy (non-hydrogen) atoms. The molecule has 10 heteroatoms. The van der Waals surface area contributed by atoms with Crippen molar-refractivity contribution < 1.29 is 21.6 Å². The molecule has 3 aromatic rings. The maximum Gasteiger partial charge on any atom is 0.418 e. The molecule has 0 saturated carbocycles. The van der Waals surface area contributed by atoms with Gasteiger partial charge >= 0.3 is 6.18 Å². The van der Waals surface area contributed by atoms with Crippen LogP contribution in [0.15, 0.2) is 59.6 Å². The highest BCUT2D eigenvalue weighted by Crippen LogP contribution is 2.38. The van der Waals surface area contributed by atoms with Crippen LogP contribution in [0.4, 0.5) is 24.8 Å². The first kappa shape index (κ1) is 23.0. The van der Waals surface area contributed by atoms with Crippen LogP contribution < -0.4 is 10.0 Å². The third kappa shape index (κ3) is 5.44. The molecule has 0 spiro atoms. The van der Waals surface area contributed by atoms with Crippen LogP contribution >= 0.6 is 0 Å². The second-order valence-electron chi connectivity index (χ2n) is 7.81. The van der Waals surface area contributed by atoms with Crippen molar-refractivity contribution in [3.05, 3.63) is 65.7 Å². The molecule has 0 fully saturated rings. The SMILES string of the molecule is O=S1(=O)Nc2ccc(C(F)(F)F)c(n2)-c2ccccc2CCCCCCNc2cccc1n2. The largest absolute Gasteiger partial charge is 0.418 e. The van der Waals surface area contributed by atoms with Gasteiger partial charge in [-0.15, -0.1) is 0 Å². The van der Waals surface area contributed by atoms with Crippen molar-refractivity contribution in [3.63, 3.8) is 0 Å². The number of pyridine rings is 2. The molecule has 6 nitrogen and oxygen atoms in total. The average molecular weight is 477 g/mol. The van der Waals surface area contributed by atoms with Crippen LogP contribution in [0.1, 0.15) is 36.8 Å². The van der Waals surface area contributed by atoms with Crippen molar-refractivity contribution in [3.8, 4) is 11.3 Å². The van der Waals surface area contributed by atoms with Crippen LogP contribution in [-0.2, 0) is 22.6 Å². The molecule has 3 heterocycles. The molecule has 0 unspecified atom stereocenters. The molecule has 0 aliphatic carbocycles. The lowest BCUT2D eigenvalue weighted by atomic mass is 9.96. The van der Waals surface area contributed by atoms with Crippen LogP contribution in [0.25, 0.3) is 11.3 Å². The number of nitrogens with one attached hydrogen (secondary N) is 2. The number of anilines is 2. The summed E-state index contributed by atoms with van der Waals surface area (Å²) in [6.45, 7) is 0.637. The van der Waals surface area contributed by atoms with E-state index >= 15 is 0 Å². The molecule has 1 aliphatic heterocycles. The van der Waals surface area contributed by atoms with E-state index in [0.717, 1.165) is 43.4 Å². The summed E-state index contributed by atoms with van der Waals surface area (Å²) in [4.78, 5) is 8.25. The summed E-state index contributed by atoms with van der Waals surface area (Å²) in [7, 11) is -4.16. The third-order valence-corrected chi connectivity index (χ3v) is 6.65. The number of aromatic nitrogens is 2. The number of alkyl halides is 3. The van der Waals surface area contributed by atoms with Gasteiger partial charge < -0.3 is 5.32 Å². The van der Waals surface area contributed by atoms with E-state index in [4.69, 9.17) is 0 Å². The fraction of sp³-hybridized carbons (Fsp3) is 0.304. The van der Waals surface area contributed by atoms with Gasteiger partial charge in [0.05, 0.1) is 11.3 Å². The summed E-state index contributed by atoms with van der Waals surface area (Å²) >= 11 is 0. The van der Waals surface area contributed by atoms with E-state index in [1.54, 1.807) is 36.4 Å². The first-order valence-corrected chi connectivity index (χ1v) is 12.1.